The maximum atomic E-state index is 13.0. The fraction of sp³-hybridized carbons (Fsp3) is 0.875. The van der Waals surface area contributed by atoms with Crippen molar-refractivity contribution >= 4 is 5.97 Å². The number of carboxylic acids is 1. The molecule has 3 nitrogen and oxygen atoms in total. The zero-order chi connectivity index (χ0) is 9.69. The van der Waals surface area contributed by atoms with Crippen LogP contribution in [0.1, 0.15) is 19.3 Å². The third-order valence-electron chi connectivity index (χ3n) is 3.00. The molecule has 0 aromatic rings. The van der Waals surface area contributed by atoms with E-state index in [9.17, 15) is 13.6 Å². The van der Waals surface area contributed by atoms with Crippen molar-refractivity contribution in [2.75, 3.05) is 13.1 Å². The number of halogens is 2. The molecule has 0 saturated carbocycles. The zero-order valence-corrected chi connectivity index (χ0v) is 7.09. The van der Waals surface area contributed by atoms with Crippen molar-refractivity contribution in [3.05, 3.63) is 0 Å². The average molecular weight is 191 g/mol. The molecule has 0 unspecified atom stereocenters. The summed E-state index contributed by atoms with van der Waals surface area (Å²) in [4.78, 5) is 12.3. The summed E-state index contributed by atoms with van der Waals surface area (Å²) in [6.45, 7) is 0.0984. The molecule has 1 N–H and O–H groups in total. The SMILES string of the molecule is O=C(O)[C@@]12CCCN1CC(F)(F)C2. The zero-order valence-electron chi connectivity index (χ0n) is 7.09. The van der Waals surface area contributed by atoms with Gasteiger partial charge in [0.15, 0.2) is 0 Å². The molecular weight excluding hydrogens is 180 g/mol. The van der Waals surface area contributed by atoms with E-state index in [1.807, 2.05) is 0 Å². The van der Waals surface area contributed by atoms with E-state index < -0.39 is 23.9 Å². The van der Waals surface area contributed by atoms with Crippen molar-refractivity contribution in [1.82, 2.24) is 4.90 Å². The number of carbonyl (C=O) groups is 1. The van der Waals surface area contributed by atoms with E-state index in [1.54, 1.807) is 0 Å². The van der Waals surface area contributed by atoms with Crippen LogP contribution in [0.25, 0.3) is 0 Å². The average Bonchev–Trinajstić information content (AvgIpc) is 2.40. The van der Waals surface area contributed by atoms with Crippen LogP contribution in [0, 0.1) is 0 Å². The predicted molar refractivity (Wildman–Crippen MR) is 40.7 cm³/mol. The highest BCUT2D eigenvalue weighted by atomic mass is 19.3. The van der Waals surface area contributed by atoms with Crippen molar-refractivity contribution in [1.29, 1.82) is 0 Å². The molecule has 2 aliphatic heterocycles. The van der Waals surface area contributed by atoms with Crippen molar-refractivity contribution in [2.24, 2.45) is 0 Å². The Bertz CT molecular complexity index is 257. The Morgan fingerprint density at radius 3 is 2.69 bits per heavy atom. The molecule has 0 aromatic heterocycles. The summed E-state index contributed by atoms with van der Waals surface area (Å²) in [5.41, 5.74) is -1.26. The summed E-state index contributed by atoms with van der Waals surface area (Å²) in [6, 6.07) is 0. The van der Waals surface area contributed by atoms with Crippen LogP contribution in [0.3, 0.4) is 0 Å². The summed E-state index contributed by atoms with van der Waals surface area (Å²) >= 11 is 0. The maximum absolute atomic E-state index is 13.0. The second-order valence-corrected chi connectivity index (χ2v) is 3.89. The van der Waals surface area contributed by atoms with Gasteiger partial charge < -0.3 is 5.11 Å². The maximum Gasteiger partial charge on any atom is 0.324 e. The molecule has 74 valence electrons. The number of nitrogens with zero attached hydrogens (tertiary/aromatic N) is 1. The third-order valence-corrected chi connectivity index (χ3v) is 3.00. The first-order valence-corrected chi connectivity index (χ1v) is 4.33. The van der Waals surface area contributed by atoms with Gasteiger partial charge >= 0.3 is 5.97 Å². The molecule has 0 amide bonds. The summed E-state index contributed by atoms with van der Waals surface area (Å²) in [5.74, 6) is -3.92. The Balaban J connectivity index is 2.30. The first-order valence-electron chi connectivity index (χ1n) is 4.33. The number of hydrogen-bond donors (Lipinski definition) is 1. The Labute approximate surface area is 74.3 Å². The third kappa shape index (κ3) is 1.14. The fourth-order valence-electron chi connectivity index (χ4n) is 2.45. The lowest BCUT2D eigenvalue weighted by atomic mass is 9.93. The minimum Gasteiger partial charge on any atom is -0.480 e. The van der Waals surface area contributed by atoms with Gasteiger partial charge in [0, 0.05) is 6.42 Å². The fourth-order valence-corrected chi connectivity index (χ4v) is 2.45. The van der Waals surface area contributed by atoms with E-state index in [4.69, 9.17) is 5.11 Å². The standard InChI is InChI=1S/C8H11F2NO2/c9-8(10)4-7(6(12)13)2-1-3-11(7)5-8/h1-5H2,(H,12,13)/t7-/m0/s1. The molecule has 0 radical (unpaired) electrons. The molecule has 0 aromatic carbocycles. The van der Waals surface area contributed by atoms with Crippen LogP contribution in [0.15, 0.2) is 0 Å². The number of fused-ring (bicyclic) bond motifs is 1. The minimum atomic E-state index is -2.82. The molecule has 2 fully saturated rings. The Morgan fingerprint density at radius 2 is 2.15 bits per heavy atom. The van der Waals surface area contributed by atoms with E-state index in [0.29, 0.717) is 19.4 Å². The topological polar surface area (TPSA) is 40.5 Å². The van der Waals surface area contributed by atoms with Crippen molar-refractivity contribution in [2.45, 2.75) is 30.7 Å². The van der Waals surface area contributed by atoms with Gasteiger partial charge in [-0.3, -0.25) is 9.69 Å². The van der Waals surface area contributed by atoms with Crippen LogP contribution in [0.5, 0.6) is 0 Å². The summed E-state index contributed by atoms with van der Waals surface area (Å²) in [7, 11) is 0. The number of alkyl halides is 2. The first-order chi connectivity index (χ1) is 5.96. The largest absolute Gasteiger partial charge is 0.480 e. The van der Waals surface area contributed by atoms with E-state index >= 15 is 0 Å². The Kier molecular flexibility index (Phi) is 1.64. The molecule has 2 heterocycles. The number of hydrogen-bond acceptors (Lipinski definition) is 2. The highest BCUT2D eigenvalue weighted by molar-refractivity contribution is 5.80. The molecule has 0 spiro atoms. The van der Waals surface area contributed by atoms with Crippen LogP contribution < -0.4 is 0 Å². The lowest BCUT2D eigenvalue weighted by molar-refractivity contribution is -0.148. The van der Waals surface area contributed by atoms with Crippen molar-refractivity contribution in [3.63, 3.8) is 0 Å². The lowest BCUT2D eigenvalue weighted by Crippen LogP contribution is -2.45. The molecule has 13 heavy (non-hydrogen) atoms. The Morgan fingerprint density at radius 1 is 1.46 bits per heavy atom. The molecule has 0 aliphatic carbocycles. The predicted octanol–water partition coefficient (Wildman–Crippen LogP) is 0.945. The number of rotatable bonds is 1. The highest BCUT2D eigenvalue weighted by Crippen LogP contribution is 2.45. The van der Waals surface area contributed by atoms with Gasteiger partial charge in [-0.05, 0) is 19.4 Å². The van der Waals surface area contributed by atoms with E-state index in [0.717, 1.165) is 0 Å². The van der Waals surface area contributed by atoms with Crippen LogP contribution >= 0.6 is 0 Å². The van der Waals surface area contributed by atoms with Gasteiger partial charge in [-0.2, -0.15) is 0 Å². The van der Waals surface area contributed by atoms with Crippen molar-refractivity contribution in [3.8, 4) is 0 Å². The second-order valence-electron chi connectivity index (χ2n) is 3.89. The summed E-state index contributed by atoms with van der Waals surface area (Å²) in [6.07, 6.45) is 0.551. The normalized spacial score (nSPS) is 37.7. The van der Waals surface area contributed by atoms with E-state index in [1.165, 1.54) is 4.90 Å². The number of carboxylic acid groups (broad SMARTS) is 1. The van der Waals surface area contributed by atoms with Gasteiger partial charge in [0.1, 0.15) is 5.54 Å². The van der Waals surface area contributed by atoms with E-state index in [2.05, 4.69) is 0 Å². The Hall–Kier alpha value is -0.710. The molecule has 2 rings (SSSR count). The smallest absolute Gasteiger partial charge is 0.324 e. The van der Waals surface area contributed by atoms with Gasteiger partial charge in [-0.25, -0.2) is 8.78 Å². The molecule has 2 aliphatic rings. The molecule has 0 bridgehead atoms. The van der Waals surface area contributed by atoms with Crippen molar-refractivity contribution < 1.29 is 18.7 Å². The monoisotopic (exact) mass is 191 g/mol. The van der Waals surface area contributed by atoms with Gasteiger partial charge in [0.05, 0.1) is 6.54 Å². The summed E-state index contributed by atoms with van der Waals surface area (Å²) in [5, 5.41) is 8.93. The van der Waals surface area contributed by atoms with Crippen LogP contribution in [0.4, 0.5) is 8.78 Å². The van der Waals surface area contributed by atoms with E-state index in [-0.39, 0.29) is 6.54 Å². The van der Waals surface area contributed by atoms with Crippen LogP contribution in [-0.2, 0) is 4.79 Å². The lowest BCUT2D eigenvalue weighted by Gasteiger charge is -2.25. The van der Waals surface area contributed by atoms with Crippen LogP contribution in [0.2, 0.25) is 0 Å². The first kappa shape index (κ1) is 8.87. The van der Waals surface area contributed by atoms with Gasteiger partial charge in [-0.15, -0.1) is 0 Å². The second kappa shape index (κ2) is 2.41. The quantitative estimate of drug-likeness (QED) is 0.670. The highest BCUT2D eigenvalue weighted by Gasteiger charge is 2.60. The van der Waals surface area contributed by atoms with Crippen LogP contribution in [-0.4, -0.2) is 40.5 Å². The number of aliphatic carboxylic acids is 1. The molecular formula is C8H11F2NO2. The van der Waals surface area contributed by atoms with Gasteiger partial charge in [0.25, 0.3) is 5.92 Å². The van der Waals surface area contributed by atoms with Gasteiger partial charge in [0.2, 0.25) is 0 Å². The minimum absolute atomic E-state index is 0.359. The molecule has 1 atom stereocenters. The molecule has 5 heteroatoms. The van der Waals surface area contributed by atoms with Gasteiger partial charge in [-0.1, -0.05) is 0 Å². The summed E-state index contributed by atoms with van der Waals surface area (Å²) < 4.78 is 25.9. The molecule has 2 saturated heterocycles.